The van der Waals surface area contributed by atoms with Gasteiger partial charge in [0, 0.05) is 30.4 Å². The molecule has 0 atom stereocenters. The van der Waals surface area contributed by atoms with E-state index < -0.39 is 5.91 Å². The van der Waals surface area contributed by atoms with Gasteiger partial charge in [-0.15, -0.1) is 0 Å². The minimum absolute atomic E-state index is 0.178. The molecule has 3 N–H and O–H groups in total. The van der Waals surface area contributed by atoms with Gasteiger partial charge in [-0.25, -0.2) is 9.67 Å². The minimum Gasteiger partial charge on any atom is -0.364 e. The molecule has 178 valence electrons. The molecule has 1 amide bonds. The van der Waals surface area contributed by atoms with Gasteiger partial charge >= 0.3 is 0 Å². The molecule has 0 unspecified atom stereocenters. The van der Waals surface area contributed by atoms with E-state index in [1.54, 1.807) is 6.07 Å². The first-order valence-electron chi connectivity index (χ1n) is 11.6. The van der Waals surface area contributed by atoms with Crippen molar-refractivity contribution in [3.05, 3.63) is 77.6 Å². The van der Waals surface area contributed by atoms with Gasteiger partial charge in [-0.3, -0.25) is 4.79 Å². The Morgan fingerprint density at radius 2 is 1.91 bits per heavy atom. The largest absolute Gasteiger partial charge is 0.364 e. The zero-order chi connectivity index (χ0) is 24.7. The van der Waals surface area contributed by atoms with E-state index in [9.17, 15) is 4.79 Å². The smallest absolute Gasteiger partial charge is 0.267 e. The van der Waals surface area contributed by atoms with Crippen LogP contribution in [0.25, 0.3) is 27.8 Å². The van der Waals surface area contributed by atoms with Crippen LogP contribution in [0.3, 0.4) is 0 Å². The second-order valence-electron chi connectivity index (χ2n) is 9.84. The number of hydrogen-bond acceptors (Lipinski definition) is 4. The molecule has 2 aromatic heterocycles. The lowest BCUT2D eigenvalue weighted by atomic mass is 9.92. The molecule has 35 heavy (non-hydrogen) atoms. The summed E-state index contributed by atoms with van der Waals surface area (Å²) >= 11 is 5.42. The summed E-state index contributed by atoms with van der Waals surface area (Å²) in [5.41, 5.74) is 10.2. The number of amides is 1. The molecule has 5 rings (SSSR count). The highest BCUT2D eigenvalue weighted by molar-refractivity contribution is 7.80. The average molecular weight is 485 g/mol. The van der Waals surface area contributed by atoms with Crippen LogP contribution >= 0.6 is 12.2 Å². The van der Waals surface area contributed by atoms with Crippen molar-refractivity contribution < 1.29 is 4.79 Å². The number of fused-ring (bicyclic) bond motifs is 1. The van der Waals surface area contributed by atoms with Crippen molar-refractivity contribution >= 4 is 34.0 Å². The number of benzene rings is 2. The van der Waals surface area contributed by atoms with E-state index in [0.29, 0.717) is 5.69 Å². The molecule has 2 aromatic carbocycles. The summed E-state index contributed by atoms with van der Waals surface area (Å²) in [6.07, 6.45) is 0. The molecule has 7 nitrogen and oxygen atoms in total. The molecule has 1 saturated heterocycles. The molecule has 8 heteroatoms. The monoisotopic (exact) mass is 484 g/mol. The Labute approximate surface area is 210 Å². The fourth-order valence-corrected chi connectivity index (χ4v) is 4.56. The molecule has 0 aliphatic carbocycles. The van der Waals surface area contributed by atoms with E-state index in [4.69, 9.17) is 28.0 Å². The Bertz CT molecular complexity index is 1450. The summed E-state index contributed by atoms with van der Waals surface area (Å²) in [7, 11) is 0. The highest BCUT2D eigenvalue weighted by Gasteiger charge is 2.24. The molecule has 3 heterocycles. The second-order valence-corrected chi connectivity index (χ2v) is 10.2. The summed E-state index contributed by atoms with van der Waals surface area (Å²) in [6, 6.07) is 20.0. The first-order valence-corrected chi connectivity index (χ1v) is 12.0. The number of nitrogens with zero attached hydrogens (tertiary/aromatic N) is 4. The first kappa shape index (κ1) is 23.0. The number of carbonyl (C=O) groups is 1. The van der Waals surface area contributed by atoms with Crippen LogP contribution in [-0.4, -0.2) is 43.8 Å². The van der Waals surface area contributed by atoms with Crippen molar-refractivity contribution in [3.8, 4) is 17.1 Å². The normalized spacial score (nSPS) is 13.9. The van der Waals surface area contributed by atoms with E-state index in [-0.39, 0.29) is 11.1 Å². The molecule has 1 aliphatic heterocycles. The van der Waals surface area contributed by atoms with Crippen LogP contribution in [0.1, 0.15) is 42.5 Å². The third-order valence-corrected chi connectivity index (χ3v) is 6.59. The lowest BCUT2D eigenvalue weighted by Crippen LogP contribution is -2.27. The number of thiocarbonyl (C=S) groups is 1. The average Bonchev–Trinajstić information content (AvgIpc) is 3.45. The summed E-state index contributed by atoms with van der Waals surface area (Å²) in [4.78, 5) is 19.0. The van der Waals surface area contributed by atoms with Crippen LogP contribution in [0.4, 0.5) is 0 Å². The van der Waals surface area contributed by atoms with Gasteiger partial charge in [-0.2, -0.15) is 5.10 Å². The Balaban J connectivity index is 1.69. The van der Waals surface area contributed by atoms with Gasteiger partial charge in [-0.1, -0.05) is 57.2 Å². The molecule has 0 radical (unpaired) electrons. The topological polar surface area (TPSA) is 89.1 Å². The zero-order valence-electron chi connectivity index (χ0n) is 20.1. The van der Waals surface area contributed by atoms with Gasteiger partial charge in [0.15, 0.2) is 5.11 Å². The van der Waals surface area contributed by atoms with Crippen LogP contribution < -0.4 is 11.1 Å². The van der Waals surface area contributed by atoms with Gasteiger partial charge in [0.2, 0.25) is 0 Å². The van der Waals surface area contributed by atoms with E-state index in [1.165, 1.54) is 0 Å². The van der Waals surface area contributed by atoms with Crippen LogP contribution in [0.5, 0.6) is 0 Å². The fourth-order valence-electron chi connectivity index (χ4n) is 4.30. The van der Waals surface area contributed by atoms with Crippen molar-refractivity contribution in [2.75, 3.05) is 13.1 Å². The Hall–Kier alpha value is -3.78. The zero-order valence-corrected chi connectivity index (χ0v) is 20.9. The maximum Gasteiger partial charge on any atom is 0.267 e. The van der Waals surface area contributed by atoms with E-state index in [0.717, 1.165) is 58.2 Å². The lowest BCUT2D eigenvalue weighted by molar-refractivity contribution is 0.0996. The summed E-state index contributed by atoms with van der Waals surface area (Å²) in [5.74, 6) is -0.559. The van der Waals surface area contributed by atoms with Crippen molar-refractivity contribution in [1.82, 2.24) is 25.0 Å². The molecular formula is C27H28N6OS. The minimum atomic E-state index is -0.559. The Kier molecular flexibility index (Phi) is 5.76. The summed E-state index contributed by atoms with van der Waals surface area (Å²) in [5, 5.41) is 10.8. The predicted molar refractivity (Wildman–Crippen MR) is 143 cm³/mol. The maximum absolute atomic E-state index is 12.1. The summed E-state index contributed by atoms with van der Waals surface area (Å²) < 4.78 is 1.92. The number of pyridine rings is 1. The van der Waals surface area contributed by atoms with Crippen molar-refractivity contribution in [1.29, 1.82) is 0 Å². The van der Waals surface area contributed by atoms with E-state index in [1.807, 2.05) is 41.1 Å². The Morgan fingerprint density at radius 1 is 1.11 bits per heavy atom. The highest BCUT2D eigenvalue weighted by Crippen LogP contribution is 2.33. The third kappa shape index (κ3) is 4.49. The van der Waals surface area contributed by atoms with Gasteiger partial charge in [0.05, 0.1) is 22.8 Å². The van der Waals surface area contributed by atoms with Gasteiger partial charge in [0.25, 0.3) is 5.91 Å². The number of nitrogens with one attached hydrogen (secondary N) is 1. The standard InChI is InChI=1S/C27H28N6OS/c1-27(2,3)23-15-22(24-20-10-5-4-8-18(20)14-21(30-24)25(28)34)33(31-23)19-9-6-7-17(13-19)16-32-12-11-29-26(32)35/h4-10,13-15H,11-12,16H2,1-3H3,(H2,28,34)(H,29,35). The number of hydrogen-bond donors (Lipinski definition) is 2. The fraction of sp³-hybridized carbons (Fsp3) is 0.259. The highest BCUT2D eigenvalue weighted by atomic mass is 32.1. The molecule has 0 spiro atoms. The number of aromatic nitrogens is 3. The van der Waals surface area contributed by atoms with Crippen molar-refractivity contribution in [2.24, 2.45) is 5.73 Å². The number of carbonyl (C=O) groups excluding carboxylic acids is 1. The maximum atomic E-state index is 12.1. The molecule has 0 saturated carbocycles. The van der Waals surface area contributed by atoms with Crippen LogP contribution in [0, 0.1) is 0 Å². The lowest BCUT2D eigenvalue weighted by Gasteiger charge is -2.17. The number of nitrogens with two attached hydrogens (primary N) is 1. The molecule has 0 bridgehead atoms. The van der Waals surface area contributed by atoms with E-state index >= 15 is 0 Å². The van der Waals surface area contributed by atoms with E-state index in [2.05, 4.69) is 49.2 Å². The third-order valence-electron chi connectivity index (χ3n) is 6.19. The number of rotatable bonds is 5. The first-order chi connectivity index (χ1) is 16.7. The van der Waals surface area contributed by atoms with Crippen LogP contribution in [-0.2, 0) is 12.0 Å². The van der Waals surface area contributed by atoms with Crippen molar-refractivity contribution in [2.45, 2.75) is 32.7 Å². The summed E-state index contributed by atoms with van der Waals surface area (Å²) in [6.45, 7) is 8.87. The van der Waals surface area contributed by atoms with Crippen molar-refractivity contribution in [3.63, 3.8) is 0 Å². The van der Waals surface area contributed by atoms with Gasteiger partial charge < -0.3 is 16.0 Å². The second kappa shape index (κ2) is 8.78. The molecule has 4 aromatic rings. The van der Waals surface area contributed by atoms with Crippen LogP contribution in [0.15, 0.2) is 60.7 Å². The quantitative estimate of drug-likeness (QED) is 0.413. The van der Waals surface area contributed by atoms with Gasteiger partial charge in [-0.05, 0) is 47.4 Å². The molecule has 1 fully saturated rings. The Morgan fingerprint density at radius 3 is 2.63 bits per heavy atom. The predicted octanol–water partition coefficient (Wildman–Crippen LogP) is 4.17. The SMILES string of the molecule is CC(C)(C)c1cc(-c2nc(C(N)=O)cc3ccccc23)n(-c2cccc(CN3CCNC3=S)c2)n1. The molecule has 1 aliphatic rings. The molecular weight excluding hydrogens is 456 g/mol. The van der Waals surface area contributed by atoms with Gasteiger partial charge in [0.1, 0.15) is 5.69 Å². The van der Waals surface area contributed by atoms with Crippen LogP contribution in [0.2, 0.25) is 0 Å². The number of primary amides is 1.